The molecular formula is C8H6ClN3OS. The van der Waals surface area contributed by atoms with Crippen molar-refractivity contribution in [2.24, 2.45) is 0 Å². The van der Waals surface area contributed by atoms with Crippen LogP contribution < -0.4 is 5.56 Å². The summed E-state index contributed by atoms with van der Waals surface area (Å²) < 4.78 is 0. The lowest BCUT2D eigenvalue weighted by Crippen LogP contribution is -2.09. The molecule has 0 aliphatic carbocycles. The van der Waals surface area contributed by atoms with E-state index in [4.69, 9.17) is 11.6 Å². The molecule has 2 aromatic heterocycles. The summed E-state index contributed by atoms with van der Waals surface area (Å²) in [5, 5.41) is 1.40. The van der Waals surface area contributed by atoms with E-state index in [0.29, 0.717) is 21.2 Å². The van der Waals surface area contributed by atoms with Gasteiger partial charge in [0.15, 0.2) is 10.8 Å². The largest absolute Gasteiger partial charge is 0.301 e. The minimum Gasteiger partial charge on any atom is -0.301 e. The molecule has 0 saturated carbocycles. The zero-order valence-electron chi connectivity index (χ0n) is 7.24. The molecule has 14 heavy (non-hydrogen) atoms. The van der Waals surface area contributed by atoms with Crippen LogP contribution in [0.2, 0.25) is 5.02 Å². The molecule has 0 amide bonds. The molecule has 2 aromatic rings. The van der Waals surface area contributed by atoms with E-state index in [-0.39, 0.29) is 5.56 Å². The van der Waals surface area contributed by atoms with Gasteiger partial charge in [-0.2, -0.15) is 0 Å². The first-order chi connectivity index (χ1) is 6.70. The lowest BCUT2D eigenvalue weighted by molar-refractivity contribution is 0.964. The Kier molecular flexibility index (Phi) is 2.43. The summed E-state index contributed by atoms with van der Waals surface area (Å²) in [5.41, 5.74) is 0.205. The molecule has 0 fully saturated rings. The predicted octanol–water partition coefficient (Wildman–Crippen LogP) is 1.69. The van der Waals surface area contributed by atoms with Gasteiger partial charge in [-0.1, -0.05) is 23.4 Å². The first-order valence-corrected chi connectivity index (χ1v) is 5.40. The van der Waals surface area contributed by atoms with Crippen molar-refractivity contribution < 1.29 is 0 Å². The first kappa shape index (κ1) is 9.48. The highest BCUT2D eigenvalue weighted by molar-refractivity contribution is 7.98. The second-order valence-corrected chi connectivity index (χ2v) is 3.83. The molecule has 4 nitrogen and oxygen atoms in total. The summed E-state index contributed by atoms with van der Waals surface area (Å²) >= 11 is 7.08. The standard InChI is InChI=1S/C8H6ClN3OS/c1-14-8-11-6-5(7(13)12-8)2-4(9)3-10-6/h2-3H,1H3,(H,10,11,12,13). The normalized spacial score (nSPS) is 10.7. The van der Waals surface area contributed by atoms with Gasteiger partial charge < -0.3 is 4.98 Å². The Morgan fingerprint density at radius 2 is 2.36 bits per heavy atom. The molecule has 1 N–H and O–H groups in total. The van der Waals surface area contributed by atoms with Gasteiger partial charge in [-0.3, -0.25) is 4.79 Å². The van der Waals surface area contributed by atoms with Gasteiger partial charge in [-0.05, 0) is 12.3 Å². The van der Waals surface area contributed by atoms with E-state index in [9.17, 15) is 4.79 Å². The van der Waals surface area contributed by atoms with E-state index in [1.165, 1.54) is 18.0 Å². The number of aromatic amines is 1. The predicted molar refractivity (Wildman–Crippen MR) is 56.9 cm³/mol. The average Bonchev–Trinajstić information content (AvgIpc) is 2.19. The van der Waals surface area contributed by atoms with Crippen molar-refractivity contribution in [1.82, 2.24) is 15.0 Å². The maximum absolute atomic E-state index is 11.5. The molecule has 0 aliphatic heterocycles. The number of hydrogen-bond donors (Lipinski definition) is 1. The van der Waals surface area contributed by atoms with Crippen LogP contribution in [-0.4, -0.2) is 21.2 Å². The number of hydrogen-bond acceptors (Lipinski definition) is 4. The number of halogens is 1. The zero-order valence-corrected chi connectivity index (χ0v) is 8.82. The first-order valence-electron chi connectivity index (χ1n) is 3.80. The van der Waals surface area contributed by atoms with E-state index in [0.717, 1.165) is 0 Å². The van der Waals surface area contributed by atoms with Crippen molar-refractivity contribution in [2.45, 2.75) is 5.16 Å². The maximum Gasteiger partial charge on any atom is 0.261 e. The van der Waals surface area contributed by atoms with Crippen molar-refractivity contribution in [3.05, 3.63) is 27.6 Å². The van der Waals surface area contributed by atoms with Gasteiger partial charge in [-0.15, -0.1) is 0 Å². The van der Waals surface area contributed by atoms with Crippen LogP contribution in [0.3, 0.4) is 0 Å². The molecule has 0 atom stereocenters. The van der Waals surface area contributed by atoms with Crippen LogP contribution in [0.4, 0.5) is 0 Å². The number of nitrogens with one attached hydrogen (secondary N) is 1. The van der Waals surface area contributed by atoms with Crippen LogP contribution in [0.1, 0.15) is 0 Å². The van der Waals surface area contributed by atoms with Crippen molar-refractivity contribution in [3.8, 4) is 0 Å². The number of rotatable bonds is 1. The van der Waals surface area contributed by atoms with Crippen LogP contribution in [0.5, 0.6) is 0 Å². The lowest BCUT2D eigenvalue weighted by Gasteiger charge is -1.98. The molecule has 0 spiro atoms. The van der Waals surface area contributed by atoms with Crippen molar-refractivity contribution in [2.75, 3.05) is 6.26 Å². The smallest absolute Gasteiger partial charge is 0.261 e. The monoisotopic (exact) mass is 227 g/mol. The number of pyridine rings is 1. The molecule has 2 rings (SSSR count). The van der Waals surface area contributed by atoms with E-state index in [1.807, 2.05) is 6.26 Å². The Hall–Kier alpha value is -1.07. The Bertz CT molecular complexity index is 540. The molecule has 0 bridgehead atoms. The third-order valence-electron chi connectivity index (χ3n) is 1.70. The third kappa shape index (κ3) is 1.60. The van der Waals surface area contributed by atoms with Crippen molar-refractivity contribution in [3.63, 3.8) is 0 Å². The number of aromatic nitrogens is 3. The van der Waals surface area contributed by atoms with Crippen LogP contribution in [0.15, 0.2) is 22.2 Å². The molecule has 0 aliphatic rings. The molecule has 6 heteroatoms. The van der Waals surface area contributed by atoms with Gasteiger partial charge in [0.05, 0.1) is 10.4 Å². The van der Waals surface area contributed by atoms with Crippen molar-refractivity contribution in [1.29, 1.82) is 0 Å². The Morgan fingerprint density at radius 1 is 1.57 bits per heavy atom. The van der Waals surface area contributed by atoms with Crippen LogP contribution in [0, 0.1) is 0 Å². The fourth-order valence-electron chi connectivity index (χ4n) is 1.07. The van der Waals surface area contributed by atoms with Gasteiger partial charge in [0.2, 0.25) is 0 Å². The van der Waals surface area contributed by atoms with Gasteiger partial charge in [0.25, 0.3) is 5.56 Å². The van der Waals surface area contributed by atoms with E-state index >= 15 is 0 Å². The summed E-state index contributed by atoms with van der Waals surface area (Å²) in [5.74, 6) is 0. The average molecular weight is 228 g/mol. The SMILES string of the molecule is CSc1nc2ncc(Cl)cc2c(=O)[nH]1. The molecule has 0 saturated heterocycles. The highest BCUT2D eigenvalue weighted by atomic mass is 35.5. The molecular weight excluding hydrogens is 222 g/mol. The van der Waals surface area contributed by atoms with Gasteiger partial charge >= 0.3 is 0 Å². The Balaban J connectivity index is 2.83. The Labute approximate surface area is 88.7 Å². The van der Waals surface area contributed by atoms with E-state index in [2.05, 4.69) is 15.0 Å². The Morgan fingerprint density at radius 3 is 3.07 bits per heavy atom. The highest BCUT2D eigenvalue weighted by Gasteiger charge is 2.04. The quantitative estimate of drug-likeness (QED) is 0.595. The third-order valence-corrected chi connectivity index (χ3v) is 2.49. The van der Waals surface area contributed by atoms with Gasteiger partial charge in [-0.25, -0.2) is 9.97 Å². The van der Waals surface area contributed by atoms with Crippen molar-refractivity contribution >= 4 is 34.4 Å². The number of fused-ring (bicyclic) bond motifs is 1. The zero-order chi connectivity index (χ0) is 10.1. The van der Waals surface area contributed by atoms with Gasteiger partial charge in [0, 0.05) is 6.20 Å². The highest BCUT2D eigenvalue weighted by Crippen LogP contribution is 2.13. The summed E-state index contributed by atoms with van der Waals surface area (Å²) in [4.78, 5) is 22.2. The van der Waals surface area contributed by atoms with E-state index < -0.39 is 0 Å². The van der Waals surface area contributed by atoms with Crippen LogP contribution in [-0.2, 0) is 0 Å². The van der Waals surface area contributed by atoms with Gasteiger partial charge in [0.1, 0.15) is 0 Å². The fraction of sp³-hybridized carbons (Fsp3) is 0.125. The van der Waals surface area contributed by atoms with E-state index in [1.54, 1.807) is 6.07 Å². The molecule has 0 radical (unpaired) electrons. The second kappa shape index (κ2) is 3.59. The topological polar surface area (TPSA) is 58.6 Å². The fourth-order valence-corrected chi connectivity index (χ4v) is 1.60. The number of nitrogens with zero attached hydrogens (tertiary/aromatic N) is 2. The minimum atomic E-state index is -0.214. The maximum atomic E-state index is 11.5. The summed E-state index contributed by atoms with van der Waals surface area (Å²) in [6, 6.07) is 1.56. The van der Waals surface area contributed by atoms with Crippen LogP contribution >= 0.6 is 23.4 Å². The molecule has 0 aromatic carbocycles. The van der Waals surface area contributed by atoms with Crippen LogP contribution in [0.25, 0.3) is 11.0 Å². The molecule has 2 heterocycles. The lowest BCUT2D eigenvalue weighted by atomic mass is 10.3. The second-order valence-electron chi connectivity index (χ2n) is 2.60. The molecule has 72 valence electrons. The summed E-state index contributed by atoms with van der Waals surface area (Å²) in [6.45, 7) is 0. The number of thioether (sulfide) groups is 1. The molecule has 0 unspecified atom stereocenters. The number of H-pyrrole nitrogens is 1. The summed E-state index contributed by atoms with van der Waals surface area (Å²) in [7, 11) is 0. The minimum absolute atomic E-state index is 0.214. The summed E-state index contributed by atoms with van der Waals surface area (Å²) in [6.07, 6.45) is 3.31.